The van der Waals surface area contributed by atoms with Gasteiger partial charge < -0.3 is 10.1 Å². The van der Waals surface area contributed by atoms with Gasteiger partial charge >= 0.3 is 0 Å². The number of amides is 1. The predicted octanol–water partition coefficient (Wildman–Crippen LogP) is 1.58. The summed E-state index contributed by atoms with van der Waals surface area (Å²) in [6.45, 7) is 0.367. The molecule has 0 radical (unpaired) electrons. The van der Waals surface area contributed by atoms with Crippen molar-refractivity contribution in [2.24, 2.45) is 4.99 Å². The molecule has 1 amide bonds. The lowest BCUT2D eigenvalue weighted by Crippen LogP contribution is -2.37. The molecule has 0 bridgehead atoms. The zero-order valence-electron chi connectivity index (χ0n) is 8.69. The molecule has 16 heavy (non-hydrogen) atoms. The largest absolute Gasteiger partial charge is 0.449 e. The third kappa shape index (κ3) is 1.12. The van der Waals surface area contributed by atoms with E-state index in [0.717, 1.165) is 11.3 Å². The van der Waals surface area contributed by atoms with Gasteiger partial charge in [0.05, 0.1) is 6.54 Å². The van der Waals surface area contributed by atoms with Crippen LogP contribution in [0.1, 0.15) is 5.56 Å². The fraction of sp³-hybridized carbons (Fsp3) is 0.273. The van der Waals surface area contributed by atoms with E-state index >= 15 is 0 Å². The van der Waals surface area contributed by atoms with Crippen molar-refractivity contribution in [2.75, 3.05) is 18.1 Å². The number of nitrogens with one attached hydrogen (secondary N) is 1. The molecule has 0 aromatic heterocycles. The zero-order valence-corrected chi connectivity index (χ0v) is 9.50. The minimum absolute atomic E-state index is 0.124. The molecular formula is C11H10N2O2S. The molecule has 0 saturated carbocycles. The molecule has 82 valence electrons. The average Bonchev–Trinajstić information content (AvgIpc) is 2.85. The monoisotopic (exact) mass is 234 g/mol. The first-order chi connectivity index (χ1) is 7.76. The van der Waals surface area contributed by atoms with Gasteiger partial charge in [0.2, 0.25) is 10.8 Å². The second-order valence-corrected chi connectivity index (χ2v) is 4.47. The molecule has 4 nitrogen and oxygen atoms in total. The first-order valence-corrected chi connectivity index (χ1v) is 6.17. The minimum Gasteiger partial charge on any atom is -0.449 e. The number of aliphatic imine (C=N–C) groups is 1. The van der Waals surface area contributed by atoms with E-state index < -0.39 is 5.60 Å². The number of carbonyl (C=O) groups excluding carboxylic acids is 1. The average molecular weight is 234 g/mol. The number of thioether (sulfide) groups is 1. The molecule has 2 aliphatic heterocycles. The quantitative estimate of drug-likeness (QED) is 0.741. The van der Waals surface area contributed by atoms with Crippen molar-refractivity contribution >= 4 is 28.6 Å². The second-order valence-electron chi connectivity index (χ2n) is 3.72. The number of hydrogen-bond donors (Lipinski definition) is 1. The Balaban J connectivity index is 2.07. The lowest BCUT2D eigenvalue weighted by atomic mass is 9.96. The van der Waals surface area contributed by atoms with Gasteiger partial charge in [-0.3, -0.25) is 4.79 Å². The van der Waals surface area contributed by atoms with E-state index in [0.29, 0.717) is 11.8 Å². The van der Waals surface area contributed by atoms with Gasteiger partial charge in [-0.2, -0.15) is 0 Å². The van der Waals surface area contributed by atoms with E-state index in [1.807, 2.05) is 30.5 Å². The molecule has 1 aromatic rings. The van der Waals surface area contributed by atoms with Gasteiger partial charge in [-0.1, -0.05) is 30.0 Å². The maximum Gasteiger partial charge on any atom is 0.275 e. The number of para-hydroxylation sites is 1. The molecule has 2 aliphatic rings. The molecule has 1 spiro atoms. The van der Waals surface area contributed by atoms with Gasteiger partial charge in [-0.25, -0.2) is 4.99 Å². The van der Waals surface area contributed by atoms with Gasteiger partial charge in [-0.05, 0) is 12.3 Å². The van der Waals surface area contributed by atoms with Crippen LogP contribution in [0.15, 0.2) is 29.3 Å². The summed E-state index contributed by atoms with van der Waals surface area (Å²) in [5.74, 6) is -0.124. The number of anilines is 1. The first-order valence-electron chi connectivity index (χ1n) is 4.95. The van der Waals surface area contributed by atoms with Crippen molar-refractivity contribution in [3.63, 3.8) is 0 Å². The van der Waals surface area contributed by atoms with Crippen LogP contribution in [0.3, 0.4) is 0 Å². The third-order valence-corrected chi connectivity index (χ3v) is 3.41. The number of nitrogens with zero attached hydrogens (tertiary/aromatic N) is 1. The molecule has 0 saturated heterocycles. The summed E-state index contributed by atoms with van der Waals surface area (Å²) >= 11 is 1.42. The maximum absolute atomic E-state index is 12.0. The first kappa shape index (κ1) is 9.72. The van der Waals surface area contributed by atoms with Gasteiger partial charge in [0.1, 0.15) is 0 Å². The molecule has 1 N–H and O–H groups in total. The number of benzene rings is 1. The normalized spacial score (nSPS) is 26.3. The van der Waals surface area contributed by atoms with Crippen LogP contribution in [0, 0.1) is 0 Å². The summed E-state index contributed by atoms with van der Waals surface area (Å²) < 4.78 is 5.70. The van der Waals surface area contributed by atoms with Crippen LogP contribution in [0.5, 0.6) is 0 Å². The van der Waals surface area contributed by atoms with Crippen molar-refractivity contribution in [2.45, 2.75) is 5.60 Å². The van der Waals surface area contributed by atoms with Gasteiger partial charge in [0.25, 0.3) is 5.91 Å². The Labute approximate surface area is 97.1 Å². The fourth-order valence-electron chi connectivity index (χ4n) is 2.04. The molecule has 2 heterocycles. The topological polar surface area (TPSA) is 50.7 Å². The summed E-state index contributed by atoms with van der Waals surface area (Å²) in [7, 11) is 0. The second kappa shape index (κ2) is 3.25. The summed E-state index contributed by atoms with van der Waals surface area (Å²) in [5.41, 5.74) is 0.785. The predicted molar refractivity (Wildman–Crippen MR) is 63.7 cm³/mol. The van der Waals surface area contributed by atoms with Crippen LogP contribution in [-0.4, -0.2) is 23.9 Å². The molecule has 0 fully saturated rings. The van der Waals surface area contributed by atoms with Crippen LogP contribution in [0.4, 0.5) is 5.69 Å². The summed E-state index contributed by atoms with van der Waals surface area (Å²) in [6, 6.07) is 7.58. The summed E-state index contributed by atoms with van der Waals surface area (Å²) in [6.07, 6.45) is 1.89. The Bertz CT molecular complexity index is 501. The molecule has 5 heteroatoms. The highest BCUT2D eigenvalue weighted by molar-refractivity contribution is 8.12. The molecular weight excluding hydrogens is 224 g/mol. The Kier molecular flexibility index (Phi) is 1.97. The fourth-order valence-corrected chi connectivity index (χ4v) is 2.46. The van der Waals surface area contributed by atoms with Crippen LogP contribution in [-0.2, 0) is 15.1 Å². The Morgan fingerprint density at radius 1 is 1.50 bits per heavy atom. The highest BCUT2D eigenvalue weighted by Gasteiger charge is 2.52. The van der Waals surface area contributed by atoms with E-state index in [1.54, 1.807) is 0 Å². The third-order valence-electron chi connectivity index (χ3n) is 2.84. The van der Waals surface area contributed by atoms with Crippen molar-refractivity contribution < 1.29 is 9.53 Å². The Morgan fingerprint density at radius 3 is 3.06 bits per heavy atom. The van der Waals surface area contributed by atoms with Crippen molar-refractivity contribution in [3.05, 3.63) is 29.8 Å². The van der Waals surface area contributed by atoms with Crippen molar-refractivity contribution in [1.82, 2.24) is 0 Å². The lowest BCUT2D eigenvalue weighted by Gasteiger charge is -2.20. The Hall–Kier alpha value is -1.49. The molecule has 0 aliphatic carbocycles. The Morgan fingerprint density at radius 2 is 2.31 bits per heavy atom. The highest BCUT2D eigenvalue weighted by Crippen LogP contribution is 2.42. The number of ether oxygens (including phenoxy) is 1. The molecule has 1 atom stereocenters. The van der Waals surface area contributed by atoms with Crippen molar-refractivity contribution in [1.29, 1.82) is 0 Å². The van der Waals surface area contributed by atoms with Crippen LogP contribution in [0.25, 0.3) is 0 Å². The van der Waals surface area contributed by atoms with Crippen LogP contribution >= 0.6 is 11.8 Å². The van der Waals surface area contributed by atoms with Gasteiger partial charge in [0.15, 0.2) is 0 Å². The minimum atomic E-state index is -0.922. The van der Waals surface area contributed by atoms with Gasteiger partial charge in [-0.15, -0.1) is 0 Å². The molecule has 1 aromatic carbocycles. The lowest BCUT2D eigenvalue weighted by molar-refractivity contribution is -0.129. The van der Waals surface area contributed by atoms with Crippen LogP contribution in [0.2, 0.25) is 0 Å². The number of hydrogen-bond acceptors (Lipinski definition) is 4. The zero-order chi connectivity index (χ0) is 11.2. The van der Waals surface area contributed by atoms with E-state index in [-0.39, 0.29) is 5.91 Å². The number of fused-ring (bicyclic) bond motifs is 2. The van der Waals surface area contributed by atoms with Crippen LogP contribution < -0.4 is 5.32 Å². The van der Waals surface area contributed by atoms with E-state index in [4.69, 9.17) is 4.74 Å². The van der Waals surface area contributed by atoms with E-state index in [1.165, 1.54) is 11.8 Å². The number of carbonyl (C=O) groups is 1. The van der Waals surface area contributed by atoms with E-state index in [2.05, 4.69) is 10.3 Å². The van der Waals surface area contributed by atoms with Gasteiger partial charge in [0, 0.05) is 11.3 Å². The van der Waals surface area contributed by atoms with Crippen molar-refractivity contribution in [3.8, 4) is 0 Å². The molecule has 3 rings (SSSR count). The summed E-state index contributed by atoms with van der Waals surface area (Å²) in [5, 5.41) is 3.40. The SMILES string of the molecule is CSC1=NC[C@]2(O1)C(=O)Nc1ccccc12. The molecule has 0 unspecified atom stereocenters. The number of rotatable bonds is 0. The highest BCUT2D eigenvalue weighted by atomic mass is 32.2. The van der Waals surface area contributed by atoms with E-state index in [9.17, 15) is 4.79 Å². The summed E-state index contributed by atoms with van der Waals surface area (Å²) in [4.78, 5) is 16.2. The smallest absolute Gasteiger partial charge is 0.275 e. The standard InChI is InChI=1S/C11H10N2O2S/c1-16-10-12-6-11(15-10)7-4-2-3-5-8(7)13-9(11)14/h2-5H,6H2,1H3,(H,13,14)/t11-/m1/s1. The maximum atomic E-state index is 12.0.